The van der Waals surface area contributed by atoms with Gasteiger partial charge in [0.05, 0.1) is 11.7 Å². The van der Waals surface area contributed by atoms with Crippen molar-refractivity contribution in [2.24, 2.45) is 0 Å². The van der Waals surface area contributed by atoms with Gasteiger partial charge in [0, 0.05) is 6.61 Å². The van der Waals surface area contributed by atoms with Crippen LogP contribution in [0.5, 0.6) is 5.75 Å². The number of nitriles is 1. The molecule has 3 nitrogen and oxygen atoms in total. The molecule has 1 aliphatic rings. The predicted molar refractivity (Wildman–Crippen MR) is 112 cm³/mol. The molecule has 0 N–H and O–H groups in total. The average molecular weight is 414 g/mol. The molecule has 0 atom stereocenters. The van der Waals surface area contributed by atoms with Crippen molar-refractivity contribution in [3.05, 3.63) is 64.7 Å². The van der Waals surface area contributed by atoms with Crippen LogP contribution in [-0.2, 0) is 11.3 Å². The van der Waals surface area contributed by atoms with Crippen LogP contribution in [-0.4, -0.2) is 12.7 Å². The van der Waals surface area contributed by atoms with Gasteiger partial charge in [-0.25, -0.2) is 4.39 Å². The number of benzene rings is 2. The van der Waals surface area contributed by atoms with Crippen LogP contribution < -0.4 is 4.74 Å². The minimum absolute atomic E-state index is 0.140. The van der Waals surface area contributed by atoms with Crippen molar-refractivity contribution in [2.75, 3.05) is 6.61 Å². The van der Waals surface area contributed by atoms with Gasteiger partial charge in [0.1, 0.15) is 12.7 Å². The van der Waals surface area contributed by atoms with E-state index in [1.807, 2.05) is 12.1 Å². The maximum atomic E-state index is 13.9. The number of ether oxygens (including phenoxy) is 2. The Morgan fingerprint density at radius 2 is 1.70 bits per heavy atom. The van der Waals surface area contributed by atoms with Gasteiger partial charge in [-0.3, -0.25) is 0 Å². The Labute approximate surface area is 177 Å². The highest BCUT2D eigenvalue weighted by Crippen LogP contribution is 2.34. The molecular weight excluding hydrogens is 384 g/mol. The Bertz CT molecular complexity index is 853. The van der Waals surface area contributed by atoms with E-state index in [1.165, 1.54) is 30.5 Å². The number of hydrogen-bond acceptors (Lipinski definition) is 3. The van der Waals surface area contributed by atoms with Crippen LogP contribution in [0.3, 0.4) is 0 Å². The van der Waals surface area contributed by atoms with Crippen molar-refractivity contribution < 1.29 is 18.3 Å². The van der Waals surface area contributed by atoms with E-state index in [9.17, 15) is 8.78 Å². The van der Waals surface area contributed by atoms with Crippen molar-refractivity contribution in [1.29, 1.82) is 5.26 Å². The summed E-state index contributed by atoms with van der Waals surface area (Å²) in [6.07, 6.45) is 8.46. The molecule has 0 aromatic heterocycles. The maximum Gasteiger partial charge on any atom is 0.202 e. The normalized spacial score (nSPS) is 18.7. The van der Waals surface area contributed by atoms with Crippen molar-refractivity contribution >= 4 is 0 Å². The van der Waals surface area contributed by atoms with Crippen LogP contribution in [0, 0.1) is 23.0 Å². The van der Waals surface area contributed by atoms with Crippen LogP contribution in [0.15, 0.2) is 36.4 Å². The summed E-state index contributed by atoms with van der Waals surface area (Å²) >= 11 is 0. The van der Waals surface area contributed by atoms with E-state index in [4.69, 9.17) is 14.7 Å². The fraction of sp³-hybridized carbons (Fsp3) is 0.480. The van der Waals surface area contributed by atoms with Gasteiger partial charge >= 0.3 is 0 Å². The Morgan fingerprint density at radius 1 is 0.967 bits per heavy atom. The maximum absolute atomic E-state index is 13.9. The predicted octanol–water partition coefficient (Wildman–Crippen LogP) is 6.65. The van der Waals surface area contributed by atoms with Crippen LogP contribution in [0.2, 0.25) is 0 Å². The molecule has 2 aromatic rings. The molecule has 3 rings (SSSR count). The average Bonchev–Trinajstić information content (AvgIpc) is 2.79. The molecule has 0 unspecified atom stereocenters. The van der Waals surface area contributed by atoms with Crippen molar-refractivity contribution in [1.82, 2.24) is 0 Å². The first-order valence-corrected chi connectivity index (χ1v) is 10.8. The molecule has 0 bridgehead atoms. The first-order chi connectivity index (χ1) is 14.6. The quantitative estimate of drug-likeness (QED) is 0.432. The lowest BCUT2D eigenvalue weighted by Gasteiger charge is -2.29. The summed E-state index contributed by atoms with van der Waals surface area (Å²) in [5.74, 6) is -1.94. The minimum Gasteiger partial charge on any atom is -0.486 e. The van der Waals surface area contributed by atoms with Crippen LogP contribution >= 0.6 is 0 Å². The molecule has 0 radical (unpaired) electrons. The summed E-state index contributed by atoms with van der Waals surface area (Å²) in [5.41, 5.74) is 1.86. The number of rotatable bonds is 9. The second kappa shape index (κ2) is 11.1. The molecule has 0 amide bonds. The van der Waals surface area contributed by atoms with Crippen molar-refractivity contribution in [3.8, 4) is 11.8 Å². The molecule has 0 spiro atoms. The highest BCUT2D eigenvalue weighted by molar-refractivity contribution is 5.38. The Kier molecular flexibility index (Phi) is 8.21. The third-order valence-electron chi connectivity index (χ3n) is 5.79. The van der Waals surface area contributed by atoms with E-state index < -0.39 is 11.6 Å². The largest absolute Gasteiger partial charge is 0.486 e. The van der Waals surface area contributed by atoms with E-state index in [0.717, 1.165) is 44.3 Å². The zero-order valence-electron chi connectivity index (χ0n) is 17.5. The molecule has 30 heavy (non-hydrogen) atoms. The second-order valence-corrected chi connectivity index (χ2v) is 7.93. The van der Waals surface area contributed by atoms with E-state index in [1.54, 1.807) is 6.07 Å². The third-order valence-corrected chi connectivity index (χ3v) is 5.79. The highest BCUT2D eigenvalue weighted by Gasteiger charge is 2.22. The summed E-state index contributed by atoms with van der Waals surface area (Å²) in [7, 11) is 0. The Balaban J connectivity index is 1.48. The van der Waals surface area contributed by atoms with Gasteiger partial charge in [-0.1, -0.05) is 44.0 Å². The summed E-state index contributed by atoms with van der Waals surface area (Å²) < 4.78 is 39.1. The lowest BCUT2D eigenvalue weighted by atomic mass is 9.82. The molecule has 0 aliphatic heterocycles. The van der Waals surface area contributed by atoms with E-state index in [0.29, 0.717) is 12.0 Å². The topological polar surface area (TPSA) is 42.2 Å². The fourth-order valence-corrected chi connectivity index (χ4v) is 3.94. The van der Waals surface area contributed by atoms with Crippen molar-refractivity contribution in [3.63, 3.8) is 0 Å². The molecule has 160 valence electrons. The van der Waals surface area contributed by atoms with Crippen LogP contribution in [0.1, 0.15) is 74.5 Å². The fourth-order valence-electron chi connectivity index (χ4n) is 3.94. The summed E-state index contributed by atoms with van der Waals surface area (Å²) in [6.45, 7) is 3.22. The zero-order chi connectivity index (χ0) is 21.3. The standard InChI is InChI=1S/C25H29F2NO2/c1-2-3-4-15-29-22-12-9-20(10-13-22)19-7-5-18(6-8-19)17-30-23-14-11-21(16-28)24(26)25(23)27/h5-8,11,14,20,22H,2-4,9-10,12-13,15,17H2,1H3/t20-,22-. The zero-order valence-corrected chi connectivity index (χ0v) is 17.5. The number of halogens is 2. The monoisotopic (exact) mass is 413 g/mol. The Hall–Kier alpha value is -2.45. The molecule has 0 heterocycles. The van der Waals surface area contributed by atoms with Gasteiger partial charge in [0.2, 0.25) is 5.82 Å². The van der Waals surface area contributed by atoms with Gasteiger partial charge in [0.15, 0.2) is 11.6 Å². The van der Waals surface area contributed by atoms with Crippen LogP contribution in [0.25, 0.3) is 0 Å². The first kappa shape index (κ1) is 22.2. The highest BCUT2D eigenvalue weighted by atomic mass is 19.2. The minimum atomic E-state index is -1.17. The van der Waals surface area contributed by atoms with Gasteiger partial charge in [0.25, 0.3) is 0 Å². The van der Waals surface area contributed by atoms with Crippen LogP contribution in [0.4, 0.5) is 8.78 Å². The van der Waals surface area contributed by atoms with Gasteiger partial charge < -0.3 is 9.47 Å². The second-order valence-electron chi connectivity index (χ2n) is 7.93. The van der Waals surface area contributed by atoms with E-state index in [-0.39, 0.29) is 17.9 Å². The molecule has 0 saturated heterocycles. The molecule has 2 aromatic carbocycles. The Morgan fingerprint density at radius 3 is 2.37 bits per heavy atom. The van der Waals surface area contributed by atoms with Crippen molar-refractivity contribution in [2.45, 2.75) is 70.5 Å². The van der Waals surface area contributed by atoms with E-state index in [2.05, 4.69) is 19.1 Å². The van der Waals surface area contributed by atoms with Gasteiger partial charge in [-0.05, 0) is 61.3 Å². The molecule has 1 fully saturated rings. The molecule has 5 heteroatoms. The summed E-state index contributed by atoms with van der Waals surface area (Å²) in [6, 6.07) is 12.3. The molecule has 1 saturated carbocycles. The smallest absolute Gasteiger partial charge is 0.202 e. The summed E-state index contributed by atoms with van der Waals surface area (Å²) in [5, 5.41) is 8.74. The third kappa shape index (κ3) is 5.79. The lowest BCUT2D eigenvalue weighted by Crippen LogP contribution is -2.21. The SMILES string of the molecule is CCCCCO[C@H]1CC[C@H](c2ccc(COc3ccc(C#N)c(F)c3F)cc2)CC1. The number of hydrogen-bond donors (Lipinski definition) is 0. The van der Waals surface area contributed by atoms with E-state index >= 15 is 0 Å². The number of unbranched alkanes of at least 4 members (excludes halogenated alkanes) is 2. The molecular formula is C25H29F2NO2. The molecule has 1 aliphatic carbocycles. The van der Waals surface area contributed by atoms with Gasteiger partial charge in [-0.15, -0.1) is 0 Å². The lowest BCUT2D eigenvalue weighted by molar-refractivity contribution is 0.0227. The van der Waals surface area contributed by atoms with Gasteiger partial charge in [-0.2, -0.15) is 9.65 Å². The first-order valence-electron chi connectivity index (χ1n) is 10.8. The number of nitrogens with zero attached hydrogens (tertiary/aromatic N) is 1. The summed E-state index contributed by atoms with van der Waals surface area (Å²) in [4.78, 5) is 0.